The van der Waals surface area contributed by atoms with Gasteiger partial charge in [0.25, 0.3) is 5.56 Å². The molecule has 0 aliphatic rings. The summed E-state index contributed by atoms with van der Waals surface area (Å²) in [6.07, 6.45) is 2.74. The molecule has 7 heteroatoms. The van der Waals surface area contributed by atoms with Crippen molar-refractivity contribution in [2.75, 3.05) is 13.7 Å². The van der Waals surface area contributed by atoms with E-state index in [1.807, 2.05) is 0 Å². The van der Waals surface area contributed by atoms with Gasteiger partial charge in [-0.3, -0.25) is 9.59 Å². The molecule has 2 aromatic rings. The molecule has 1 aromatic carbocycles. The smallest absolute Gasteiger partial charge is 0.343 e. The predicted octanol–water partition coefficient (Wildman–Crippen LogP) is 2.15. The summed E-state index contributed by atoms with van der Waals surface area (Å²) < 4.78 is 9.85. The Balaban J connectivity index is 2.16. The minimum absolute atomic E-state index is 0.194. The van der Waals surface area contributed by atoms with Gasteiger partial charge in [0.1, 0.15) is 17.1 Å². The zero-order chi connectivity index (χ0) is 19.3. The van der Waals surface area contributed by atoms with Crippen LogP contribution in [-0.2, 0) is 9.53 Å². The van der Waals surface area contributed by atoms with Gasteiger partial charge in [0, 0.05) is 5.69 Å². The molecule has 0 aliphatic carbocycles. The van der Waals surface area contributed by atoms with Crippen molar-refractivity contribution in [1.82, 2.24) is 4.98 Å². The molecule has 2 N–H and O–H groups in total. The van der Waals surface area contributed by atoms with Crippen LogP contribution in [-0.4, -0.2) is 35.6 Å². The molecule has 7 nitrogen and oxygen atoms in total. The van der Waals surface area contributed by atoms with Crippen molar-refractivity contribution in [2.24, 2.45) is 0 Å². The highest BCUT2D eigenvalue weighted by Crippen LogP contribution is 2.20. The SMILES string of the molecule is COC(=O)COc1ccc(C=CC(=O)c2c(O)cc(C)[nH]c2=O)cc1C. The van der Waals surface area contributed by atoms with E-state index in [-0.39, 0.29) is 17.9 Å². The Labute approximate surface area is 149 Å². The van der Waals surface area contributed by atoms with E-state index in [4.69, 9.17) is 4.74 Å². The quantitative estimate of drug-likeness (QED) is 0.466. The number of nitrogens with one attached hydrogen (secondary N) is 1. The van der Waals surface area contributed by atoms with E-state index < -0.39 is 17.3 Å². The number of ketones is 1. The number of esters is 1. The second-order valence-corrected chi connectivity index (χ2v) is 5.63. The van der Waals surface area contributed by atoms with Crippen molar-refractivity contribution in [1.29, 1.82) is 0 Å². The van der Waals surface area contributed by atoms with Crippen LogP contribution >= 0.6 is 0 Å². The number of aromatic nitrogens is 1. The average molecular weight is 357 g/mol. The number of hydrogen-bond acceptors (Lipinski definition) is 6. The van der Waals surface area contributed by atoms with Crippen LogP contribution in [0.2, 0.25) is 0 Å². The molecule has 26 heavy (non-hydrogen) atoms. The van der Waals surface area contributed by atoms with Gasteiger partial charge in [-0.15, -0.1) is 0 Å². The maximum absolute atomic E-state index is 12.2. The molecule has 2 rings (SSSR count). The van der Waals surface area contributed by atoms with E-state index in [1.165, 1.54) is 25.3 Å². The largest absolute Gasteiger partial charge is 0.507 e. The van der Waals surface area contributed by atoms with Gasteiger partial charge in [-0.1, -0.05) is 12.1 Å². The number of ether oxygens (including phenoxy) is 2. The first-order valence-corrected chi connectivity index (χ1v) is 7.77. The van der Waals surface area contributed by atoms with Crippen molar-refractivity contribution in [3.05, 3.63) is 63.1 Å². The fraction of sp³-hybridized carbons (Fsp3) is 0.211. The summed E-state index contributed by atoms with van der Waals surface area (Å²) in [4.78, 5) is 37.6. The van der Waals surface area contributed by atoms with E-state index in [0.29, 0.717) is 17.0 Å². The average Bonchev–Trinajstić information content (AvgIpc) is 2.57. The lowest BCUT2D eigenvalue weighted by atomic mass is 10.1. The number of carbonyl (C=O) groups excluding carboxylic acids is 2. The summed E-state index contributed by atoms with van der Waals surface area (Å²) in [7, 11) is 1.28. The third kappa shape index (κ3) is 4.60. The summed E-state index contributed by atoms with van der Waals surface area (Å²) >= 11 is 0. The summed E-state index contributed by atoms with van der Waals surface area (Å²) in [5.74, 6) is -0.926. The number of H-pyrrole nitrogens is 1. The molecule has 0 unspecified atom stereocenters. The highest BCUT2D eigenvalue weighted by atomic mass is 16.6. The maximum Gasteiger partial charge on any atom is 0.343 e. The van der Waals surface area contributed by atoms with E-state index in [1.54, 1.807) is 32.0 Å². The van der Waals surface area contributed by atoms with Gasteiger partial charge in [-0.2, -0.15) is 0 Å². The number of aryl methyl sites for hydroxylation is 2. The third-order valence-corrected chi connectivity index (χ3v) is 3.59. The molecule has 0 bridgehead atoms. The Morgan fingerprint density at radius 2 is 1.96 bits per heavy atom. The van der Waals surface area contributed by atoms with Crippen molar-refractivity contribution in [2.45, 2.75) is 13.8 Å². The maximum atomic E-state index is 12.2. The number of pyridine rings is 1. The molecule has 0 spiro atoms. The number of hydrogen-bond donors (Lipinski definition) is 2. The fourth-order valence-corrected chi connectivity index (χ4v) is 2.30. The zero-order valence-corrected chi connectivity index (χ0v) is 14.7. The summed E-state index contributed by atoms with van der Waals surface area (Å²) in [6.45, 7) is 3.21. The van der Waals surface area contributed by atoms with Crippen molar-refractivity contribution >= 4 is 17.8 Å². The number of aromatic hydroxyl groups is 1. The van der Waals surface area contributed by atoms with Gasteiger partial charge in [0.15, 0.2) is 12.4 Å². The van der Waals surface area contributed by atoms with Crippen LogP contribution in [0.3, 0.4) is 0 Å². The molecule has 0 saturated carbocycles. The second kappa shape index (κ2) is 8.15. The second-order valence-electron chi connectivity index (χ2n) is 5.63. The van der Waals surface area contributed by atoms with E-state index in [2.05, 4.69) is 9.72 Å². The molecule has 1 heterocycles. The van der Waals surface area contributed by atoms with Crippen LogP contribution in [0.25, 0.3) is 6.08 Å². The monoisotopic (exact) mass is 357 g/mol. The normalized spacial score (nSPS) is 10.7. The first-order valence-electron chi connectivity index (χ1n) is 7.77. The van der Waals surface area contributed by atoms with Gasteiger partial charge < -0.3 is 19.6 Å². The molecule has 0 amide bonds. The molecule has 0 radical (unpaired) electrons. The van der Waals surface area contributed by atoms with Gasteiger partial charge in [0.2, 0.25) is 0 Å². The van der Waals surface area contributed by atoms with Gasteiger partial charge in [-0.25, -0.2) is 4.79 Å². The molecular formula is C19H19NO6. The first-order chi connectivity index (χ1) is 12.3. The lowest BCUT2D eigenvalue weighted by molar-refractivity contribution is -0.142. The lowest BCUT2D eigenvalue weighted by Crippen LogP contribution is -2.17. The minimum Gasteiger partial charge on any atom is -0.507 e. The van der Waals surface area contributed by atoms with E-state index in [0.717, 1.165) is 5.56 Å². The van der Waals surface area contributed by atoms with Crippen LogP contribution in [0.4, 0.5) is 0 Å². The molecule has 0 saturated heterocycles. The summed E-state index contributed by atoms with van der Waals surface area (Å²) in [6, 6.07) is 6.44. The topological polar surface area (TPSA) is 106 Å². The molecule has 1 aromatic heterocycles. The Morgan fingerprint density at radius 1 is 1.23 bits per heavy atom. The van der Waals surface area contributed by atoms with Gasteiger partial charge in [0.05, 0.1) is 7.11 Å². The Kier molecular flexibility index (Phi) is 5.95. The fourth-order valence-electron chi connectivity index (χ4n) is 2.30. The van der Waals surface area contributed by atoms with E-state index >= 15 is 0 Å². The zero-order valence-electron chi connectivity index (χ0n) is 14.7. The minimum atomic E-state index is -0.639. The summed E-state index contributed by atoms with van der Waals surface area (Å²) in [5, 5.41) is 9.82. The number of aromatic amines is 1. The first kappa shape index (κ1) is 19.0. The van der Waals surface area contributed by atoms with Crippen molar-refractivity contribution in [3.63, 3.8) is 0 Å². The molecule has 0 aliphatic heterocycles. The molecule has 136 valence electrons. The highest BCUT2D eigenvalue weighted by Gasteiger charge is 2.14. The molecule has 0 fully saturated rings. The van der Waals surface area contributed by atoms with Crippen LogP contribution in [0.1, 0.15) is 27.2 Å². The van der Waals surface area contributed by atoms with Gasteiger partial charge in [-0.05, 0) is 49.2 Å². The van der Waals surface area contributed by atoms with Crippen molar-refractivity contribution in [3.8, 4) is 11.5 Å². The summed E-state index contributed by atoms with van der Waals surface area (Å²) in [5.41, 5.74) is 0.983. The highest BCUT2D eigenvalue weighted by molar-refractivity contribution is 6.08. The molecular weight excluding hydrogens is 338 g/mol. The van der Waals surface area contributed by atoms with Gasteiger partial charge >= 0.3 is 5.97 Å². The molecule has 0 atom stereocenters. The Bertz CT molecular complexity index is 926. The number of allylic oxidation sites excluding steroid dienone is 1. The third-order valence-electron chi connectivity index (χ3n) is 3.59. The predicted molar refractivity (Wildman–Crippen MR) is 95.5 cm³/mol. The van der Waals surface area contributed by atoms with Crippen LogP contribution < -0.4 is 10.3 Å². The van der Waals surface area contributed by atoms with Crippen LogP contribution in [0.5, 0.6) is 11.5 Å². The van der Waals surface area contributed by atoms with E-state index in [9.17, 15) is 19.5 Å². The van der Waals surface area contributed by atoms with Crippen molar-refractivity contribution < 1.29 is 24.2 Å². The number of carbonyl (C=O) groups is 2. The Hall–Kier alpha value is -3.35. The number of rotatable bonds is 6. The number of methoxy groups -OCH3 is 1. The van der Waals surface area contributed by atoms with Crippen LogP contribution in [0, 0.1) is 13.8 Å². The Morgan fingerprint density at radius 3 is 2.58 bits per heavy atom. The lowest BCUT2D eigenvalue weighted by Gasteiger charge is -2.08. The van der Waals surface area contributed by atoms with Crippen LogP contribution in [0.15, 0.2) is 35.1 Å². The standard InChI is InChI=1S/C19H19NO6/c1-11-8-13(5-7-16(11)26-10-17(23)25-3)4-6-14(21)18-15(22)9-12(2)20-19(18)24/h4-9H,10H2,1-3H3,(H2,20,22,24). The number of benzene rings is 1.